The van der Waals surface area contributed by atoms with Crippen LogP contribution in [0.15, 0.2) is 0 Å². The first kappa shape index (κ1) is 13.9. The Hall–Kier alpha value is -0.0800. The van der Waals surface area contributed by atoms with E-state index in [9.17, 15) is 5.11 Å². The third-order valence-corrected chi connectivity index (χ3v) is 6.00. The van der Waals surface area contributed by atoms with E-state index in [1.54, 1.807) is 0 Å². The van der Waals surface area contributed by atoms with Crippen LogP contribution in [0.25, 0.3) is 0 Å². The van der Waals surface area contributed by atoms with Gasteiger partial charge in [0.1, 0.15) is 0 Å². The highest BCUT2D eigenvalue weighted by molar-refractivity contribution is 5.12. The highest BCUT2D eigenvalue weighted by atomic mass is 16.5. The van der Waals surface area contributed by atoms with Crippen LogP contribution in [0.3, 0.4) is 0 Å². The van der Waals surface area contributed by atoms with Gasteiger partial charge in [-0.25, -0.2) is 0 Å². The van der Waals surface area contributed by atoms with Crippen molar-refractivity contribution in [2.45, 2.75) is 71.8 Å². The molecule has 0 aliphatic heterocycles. The van der Waals surface area contributed by atoms with Crippen molar-refractivity contribution in [2.24, 2.45) is 22.2 Å². The van der Waals surface area contributed by atoms with Gasteiger partial charge < -0.3 is 9.84 Å². The molecule has 0 radical (unpaired) electrons. The third kappa shape index (κ3) is 2.35. The highest BCUT2D eigenvalue weighted by Crippen LogP contribution is 2.70. The molecule has 0 saturated heterocycles. The van der Waals surface area contributed by atoms with Crippen molar-refractivity contribution >= 4 is 0 Å². The first-order valence-electron chi connectivity index (χ1n) is 8.15. The molecule has 110 valence electrons. The lowest BCUT2D eigenvalue weighted by Gasteiger charge is -2.66. The van der Waals surface area contributed by atoms with E-state index in [0.29, 0.717) is 17.4 Å². The maximum atomic E-state index is 10.7. The number of hydrogen-bond acceptors (Lipinski definition) is 2. The Morgan fingerprint density at radius 3 is 2.26 bits per heavy atom. The summed E-state index contributed by atoms with van der Waals surface area (Å²) < 4.78 is 5.65. The van der Waals surface area contributed by atoms with E-state index in [1.165, 1.54) is 38.5 Å². The monoisotopic (exact) mass is 266 g/mol. The topological polar surface area (TPSA) is 29.5 Å². The second kappa shape index (κ2) is 4.46. The van der Waals surface area contributed by atoms with E-state index in [4.69, 9.17) is 4.74 Å². The summed E-state index contributed by atoms with van der Waals surface area (Å²) >= 11 is 0. The minimum Gasteiger partial charge on any atom is -0.390 e. The van der Waals surface area contributed by atoms with Gasteiger partial charge in [0.15, 0.2) is 0 Å². The normalized spacial score (nSPS) is 49.6. The second-order valence-electron chi connectivity index (χ2n) is 8.58. The van der Waals surface area contributed by atoms with E-state index < -0.39 is 0 Å². The van der Waals surface area contributed by atoms with Crippen LogP contribution in [0.5, 0.6) is 0 Å². The molecule has 4 fully saturated rings. The smallest absolute Gasteiger partial charge is 0.0830 e. The van der Waals surface area contributed by atoms with Crippen LogP contribution in [-0.4, -0.2) is 24.4 Å². The lowest BCUT2D eigenvalue weighted by molar-refractivity contribution is -0.195. The van der Waals surface area contributed by atoms with Crippen molar-refractivity contribution in [2.75, 3.05) is 13.2 Å². The zero-order valence-corrected chi connectivity index (χ0v) is 12.9. The largest absolute Gasteiger partial charge is 0.390 e. The fourth-order valence-electron chi connectivity index (χ4n) is 6.42. The van der Waals surface area contributed by atoms with Crippen LogP contribution in [0.1, 0.15) is 65.7 Å². The van der Waals surface area contributed by atoms with Gasteiger partial charge in [0, 0.05) is 6.61 Å². The van der Waals surface area contributed by atoms with Crippen molar-refractivity contribution in [1.82, 2.24) is 0 Å². The van der Waals surface area contributed by atoms with Crippen molar-refractivity contribution in [1.29, 1.82) is 0 Å². The van der Waals surface area contributed by atoms with Crippen molar-refractivity contribution < 1.29 is 9.84 Å². The quantitative estimate of drug-likeness (QED) is 0.768. The molecule has 0 aromatic carbocycles. The lowest BCUT2D eigenvalue weighted by Crippen LogP contribution is -2.59. The maximum Gasteiger partial charge on any atom is 0.0830 e. The highest BCUT2D eigenvalue weighted by Gasteiger charge is 2.62. The van der Waals surface area contributed by atoms with Gasteiger partial charge in [-0.2, -0.15) is 0 Å². The fourth-order valence-corrected chi connectivity index (χ4v) is 6.42. The summed E-state index contributed by atoms with van der Waals surface area (Å²) in [5, 5.41) is 10.7. The Labute approximate surface area is 117 Å². The predicted octanol–water partition coefficient (Wildman–Crippen LogP) is 3.77. The van der Waals surface area contributed by atoms with Crippen LogP contribution in [0, 0.1) is 22.2 Å². The fraction of sp³-hybridized carbons (Fsp3) is 1.00. The molecule has 0 aromatic heterocycles. The van der Waals surface area contributed by atoms with Gasteiger partial charge in [-0.3, -0.25) is 0 Å². The molecule has 4 aliphatic carbocycles. The second-order valence-corrected chi connectivity index (χ2v) is 8.58. The van der Waals surface area contributed by atoms with Gasteiger partial charge in [-0.15, -0.1) is 0 Å². The van der Waals surface area contributed by atoms with Crippen molar-refractivity contribution in [3.63, 3.8) is 0 Å². The Kier molecular flexibility index (Phi) is 3.26. The van der Waals surface area contributed by atoms with Crippen LogP contribution >= 0.6 is 0 Å². The molecule has 4 saturated carbocycles. The van der Waals surface area contributed by atoms with E-state index in [2.05, 4.69) is 20.8 Å². The summed E-state index contributed by atoms with van der Waals surface area (Å²) in [5.41, 5.74) is 1.14. The summed E-state index contributed by atoms with van der Waals surface area (Å²) in [7, 11) is 0. The standard InChI is InChI=1S/C17H30O2/c1-4-5-19-9-14(18)17-8-13-6-15(2,11-17)10-16(3,7-13)12-17/h13-14,18H,4-12H2,1-3H3. The predicted molar refractivity (Wildman–Crippen MR) is 77.0 cm³/mol. The van der Waals surface area contributed by atoms with Gasteiger partial charge >= 0.3 is 0 Å². The zero-order valence-electron chi connectivity index (χ0n) is 12.9. The molecule has 0 amide bonds. The molecule has 3 atom stereocenters. The van der Waals surface area contributed by atoms with Gasteiger partial charge in [-0.1, -0.05) is 20.8 Å². The van der Waals surface area contributed by atoms with Gasteiger partial charge in [0.2, 0.25) is 0 Å². The van der Waals surface area contributed by atoms with Crippen LogP contribution in [0.2, 0.25) is 0 Å². The Balaban J connectivity index is 1.76. The molecule has 4 rings (SSSR count). The number of aliphatic hydroxyl groups excluding tert-OH is 1. The van der Waals surface area contributed by atoms with E-state index in [-0.39, 0.29) is 11.5 Å². The van der Waals surface area contributed by atoms with E-state index >= 15 is 0 Å². The van der Waals surface area contributed by atoms with Gasteiger partial charge in [0.25, 0.3) is 0 Å². The van der Waals surface area contributed by atoms with Crippen LogP contribution < -0.4 is 0 Å². The summed E-state index contributed by atoms with van der Waals surface area (Å²) in [6.45, 7) is 8.38. The van der Waals surface area contributed by atoms with Crippen molar-refractivity contribution in [3.05, 3.63) is 0 Å². The van der Waals surface area contributed by atoms with Gasteiger partial charge in [0.05, 0.1) is 12.7 Å². The average molecular weight is 266 g/mol. The Morgan fingerprint density at radius 1 is 1.11 bits per heavy atom. The Morgan fingerprint density at radius 2 is 1.74 bits per heavy atom. The molecule has 2 heteroatoms. The summed E-state index contributed by atoms with van der Waals surface area (Å²) in [6.07, 6.45) is 8.65. The molecular formula is C17H30O2. The minimum atomic E-state index is -0.249. The lowest BCUT2D eigenvalue weighted by atomic mass is 9.39. The molecule has 4 bridgehead atoms. The molecule has 2 nitrogen and oxygen atoms in total. The molecule has 4 aliphatic rings. The third-order valence-electron chi connectivity index (χ3n) is 6.00. The minimum absolute atomic E-state index is 0.163. The van der Waals surface area contributed by atoms with Crippen molar-refractivity contribution in [3.8, 4) is 0 Å². The van der Waals surface area contributed by atoms with E-state index in [1.807, 2.05) is 0 Å². The molecular weight excluding hydrogens is 236 g/mol. The number of ether oxygens (including phenoxy) is 1. The maximum absolute atomic E-state index is 10.7. The summed E-state index contributed by atoms with van der Waals surface area (Å²) in [5.74, 6) is 0.854. The molecule has 3 unspecified atom stereocenters. The first-order valence-corrected chi connectivity index (χ1v) is 8.15. The molecule has 0 aromatic rings. The van der Waals surface area contributed by atoms with Crippen LogP contribution in [-0.2, 0) is 4.74 Å². The number of hydrogen-bond donors (Lipinski definition) is 1. The number of rotatable bonds is 5. The summed E-state index contributed by atoms with van der Waals surface area (Å²) in [6, 6.07) is 0. The average Bonchev–Trinajstić information content (AvgIpc) is 2.24. The SMILES string of the molecule is CCCOCC(O)C12CC3CC(C)(CC(C)(C3)C1)C2. The molecule has 1 N–H and O–H groups in total. The molecule has 0 heterocycles. The molecule has 0 spiro atoms. The van der Waals surface area contributed by atoms with Crippen LogP contribution in [0.4, 0.5) is 0 Å². The summed E-state index contributed by atoms with van der Waals surface area (Å²) in [4.78, 5) is 0. The number of aliphatic hydroxyl groups is 1. The zero-order chi connectivity index (χ0) is 13.7. The van der Waals surface area contributed by atoms with E-state index in [0.717, 1.165) is 18.9 Å². The first-order chi connectivity index (χ1) is 8.89. The Bertz CT molecular complexity index is 333. The van der Waals surface area contributed by atoms with Gasteiger partial charge in [-0.05, 0) is 67.1 Å². The molecule has 19 heavy (non-hydrogen) atoms.